The fourth-order valence-corrected chi connectivity index (χ4v) is 3.05. The molecule has 0 saturated carbocycles. The van der Waals surface area contributed by atoms with Crippen LogP contribution in [-0.4, -0.2) is 13.2 Å². The molecule has 0 saturated heterocycles. The number of benzene rings is 1. The van der Waals surface area contributed by atoms with Gasteiger partial charge >= 0.3 is 13.4 Å². The van der Waals surface area contributed by atoms with Gasteiger partial charge in [-0.15, -0.1) is 0 Å². The minimum Gasteiger partial charge on any atom is -0.422 e. The lowest BCUT2D eigenvalue weighted by Crippen LogP contribution is -2.05. The molecule has 2 aromatic rings. The minimum absolute atomic E-state index is 0.121. The highest BCUT2D eigenvalue weighted by atomic mass is 31.2. The van der Waals surface area contributed by atoms with E-state index in [4.69, 9.17) is 18.0 Å². The Hall–Kier alpha value is -1.62. The van der Waals surface area contributed by atoms with Crippen molar-refractivity contribution < 1.29 is 22.6 Å². The largest absolute Gasteiger partial charge is 0.530 e. The van der Waals surface area contributed by atoms with Crippen LogP contribution in [0.3, 0.4) is 0 Å². The molecule has 1 aromatic heterocycles. The van der Waals surface area contributed by atoms with Gasteiger partial charge in [0.25, 0.3) is 0 Å². The van der Waals surface area contributed by atoms with Crippen molar-refractivity contribution in [3.05, 3.63) is 40.2 Å². The molecule has 0 N–H and O–H groups in total. The van der Waals surface area contributed by atoms with Gasteiger partial charge in [-0.1, -0.05) is 11.6 Å². The van der Waals surface area contributed by atoms with E-state index in [1.54, 1.807) is 32.0 Å². The highest BCUT2D eigenvalue weighted by Gasteiger charge is 2.28. The second kappa shape index (κ2) is 6.43. The van der Waals surface area contributed by atoms with Crippen molar-refractivity contribution in [2.24, 2.45) is 0 Å². The average Bonchev–Trinajstić information content (AvgIpc) is 2.40. The first kappa shape index (κ1) is 15.8. The standard InChI is InChI=1S/C14H17O6P/c1-4-17-21(16,18-5-2)20-13-9-14(15)19-12-7-6-10(3)8-11(12)13/h6-9H,4-5H2,1-3H3. The SMILES string of the molecule is CCOP(=O)(OCC)Oc1cc(=O)oc2ccc(C)cc12. The molecular weight excluding hydrogens is 295 g/mol. The van der Waals surface area contributed by atoms with Crippen LogP contribution in [0.4, 0.5) is 0 Å². The molecular formula is C14H17O6P. The van der Waals surface area contributed by atoms with Gasteiger partial charge in [0.1, 0.15) is 11.3 Å². The number of fused-ring (bicyclic) bond motifs is 1. The van der Waals surface area contributed by atoms with E-state index < -0.39 is 13.4 Å². The van der Waals surface area contributed by atoms with Crippen molar-refractivity contribution >= 4 is 18.8 Å². The van der Waals surface area contributed by atoms with Gasteiger partial charge in [0.2, 0.25) is 0 Å². The number of phosphoric ester groups is 1. The third-order valence-electron chi connectivity index (χ3n) is 2.64. The summed E-state index contributed by atoms with van der Waals surface area (Å²) < 4.78 is 33.0. The van der Waals surface area contributed by atoms with Crippen LogP contribution in [0.15, 0.2) is 33.5 Å². The molecule has 0 aliphatic heterocycles. The molecule has 7 heteroatoms. The van der Waals surface area contributed by atoms with E-state index in [-0.39, 0.29) is 19.0 Å². The molecule has 6 nitrogen and oxygen atoms in total. The van der Waals surface area contributed by atoms with Crippen LogP contribution in [0.5, 0.6) is 5.75 Å². The molecule has 0 amide bonds. The van der Waals surface area contributed by atoms with Gasteiger partial charge in [0.05, 0.1) is 24.7 Å². The molecule has 114 valence electrons. The first-order chi connectivity index (χ1) is 9.97. The highest BCUT2D eigenvalue weighted by Crippen LogP contribution is 2.50. The molecule has 0 spiro atoms. The minimum atomic E-state index is -3.76. The number of phosphoric acid groups is 1. The van der Waals surface area contributed by atoms with E-state index in [0.29, 0.717) is 11.0 Å². The van der Waals surface area contributed by atoms with Crippen LogP contribution < -0.4 is 10.1 Å². The lowest BCUT2D eigenvalue weighted by atomic mass is 10.1. The summed E-state index contributed by atoms with van der Waals surface area (Å²) in [5.74, 6) is 0.121. The maximum Gasteiger partial charge on any atom is 0.530 e. The molecule has 0 aliphatic carbocycles. The first-order valence-electron chi connectivity index (χ1n) is 6.60. The van der Waals surface area contributed by atoms with E-state index in [9.17, 15) is 9.36 Å². The van der Waals surface area contributed by atoms with Gasteiger partial charge in [-0.05, 0) is 32.9 Å². The monoisotopic (exact) mass is 312 g/mol. The zero-order valence-corrected chi connectivity index (χ0v) is 13.0. The number of hydrogen-bond acceptors (Lipinski definition) is 6. The summed E-state index contributed by atoms with van der Waals surface area (Å²) in [6.45, 7) is 5.57. The van der Waals surface area contributed by atoms with Crippen molar-refractivity contribution in [3.63, 3.8) is 0 Å². The normalized spacial score (nSPS) is 11.8. The van der Waals surface area contributed by atoms with E-state index in [2.05, 4.69) is 0 Å². The Labute approximate surface area is 122 Å². The Morgan fingerprint density at radius 2 is 1.81 bits per heavy atom. The van der Waals surface area contributed by atoms with Crippen LogP contribution in [0, 0.1) is 6.92 Å². The molecule has 0 atom stereocenters. The predicted octanol–water partition coefficient (Wildman–Crippen LogP) is 3.66. The van der Waals surface area contributed by atoms with E-state index in [1.807, 2.05) is 6.92 Å². The summed E-state index contributed by atoms with van der Waals surface area (Å²) in [4.78, 5) is 11.6. The van der Waals surface area contributed by atoms with Crippen molar-refractivity contribution in [3.8, 4) is 5.75 Å². The zero-order valence-electron chi connectivity index (χ0n) is 12.1. The molecule has 0 fully saturated rings. The van der Waals surface area contributed by atoms with Crippen LogP contribution in [0.25, 0.3) is 11.0 Å². The second-order valence-corrected chi connectivity index (χ2v) is 5.90. The van der Waals surface area contributed by atoms with Crippen molar-refractivity contribution in [2.45, 2.75) is 20.8 Å². The van der Waals surface area contributed by atoms with Crippen LogP contribution in [-0.2, 0) is 13.6 Å². The molecule has 1 aromatic carbocycles. The third-order valence-corrected chi connectivity index (χ3v) is 4.21. The summed E-state index contributed by atoms with van der Waals surface area (Å²) in [5, 5.41) is 0.536. The van der Waals surface area contributed by atoms with Gasteiger partial charge in [-0.2, -0.15) is 0 Å². The third kappa shape index (κ3) is 3.73. The van der Waals surface area contributed by atoms with Gasteiger partial charge < -0.3 is 8.94 Å². The number of hydrogen-bond donors (Lipinski definition) is 0. The summed E-state index contributed by atoms with van der Waals surface area (Å²) in [7, 11) is -3.76. The van der Waals surface area contributed by atoms with E-state index >= 15 is 0 Å². The van der Waals surface area contributed by atoms with Crippen molar-refractivity contribution in [1.82, 2.24) is 0 Å². The Morgan fingerprint density at radius 3 is 2.43 bits per heavy atom. The van der Waals surface area contributed by atoms with Crippen molar-refractivity contribution in [1.29, 1.82) is 0 Å². The topological polar surface area (TPSA) is 75.0 Å². The van der Waals surface area contributed by atoms with Gasteiger partial charge in [-0.25, -0.2) is 9.36 Å². The highest BCUT2D eigenvalue weighted by molar-refractivity contribution is 7.48. The Bertz CT molecular complexity index is 726. The van der Waals surface area contributed by atoms with Gasteiger partial charge in [0, 0.05) is 0 Å². The van der Waals surface area contributed by atoms with Crippen molar-refractivity contribution in [2.75, 3.05) is 13.2 Å². The van der Waals surface area contributed by atoms with Crippen LogP contribution in [0.1, 0.15) is 19.4 Å². The van der Waals surface area contributed by atoms with E-state index in [1.165, 1.54) is 0 Å². The summed E-state index contributed by atoms with van der Waals surface area (Å²) in [6, 6.07) is 6.37. The predicted molar refractivity (Wildman–Crippen MR) is 78.7 cm³/mol. The number of aryl methyl sites for hydroxylation is 1. The second-order valence-electron chi connectivity index (χ2n) is 4.30. The fraction of sp³-hybridized carbons (Fsp3) is 0.357. The molecule has 0 radical (unpaired) electrons. The lowest BCUT2D eigenvalue weighted by Gasteiger charge is -2.17. The Kier molecular flexibility index (Phi) is 4.83. The maximum absolute atomic E-state index is 12.4. The maximum atomic E-state index is 12.4. The summed E-state index contributed by atoms with van der Waals surface area (Å²) >= 11 is 0. The van der Waals surface area contributed by atoms with Crippen LogP contribution in [0.2, 0.25) is 0 Å². The summed E-state index contributed by atoms with van der Waals surface area (Å²) in [6.07, 6.45) is 0. The van der Waals surface area contributed by atoms with Gasteiger partial charge in [-0.3, -0.25) is 9.05 Å². The quantitative estimate of drug-likeness (QED) is 0.598. The van der Waals surface area contributed by atoms with E-state index in [0.717, 1.165) is 11.6 Å². The zero-order chi connectivity index (χ0) is 15.5. The average molecular weight is 312 g/mol. The lowest BCUT2D eigenvalue weighted by molar-refractivity contribution is 0.168. The van der Waals surface area contributed by atoms with Gasteiger partial charge in [0.15, 0.2) is 0 Å². The molecule has 21 heavy (non-hydrogen) atoms. The first-order valence-corrected chi connectivity index (χ1v) is 8.06. The molecule has 0 aliphatic rings. The molecule has 1 heterocycles. The molecule has 2 rings (SSSR count). The fourth-order valence-electron chi connectivity index (χ4n) is 1.85. The number of rotatable bonds is 6. The molecule has 0 unspecified atom stereocenters. The Morgan fingerprint density at radius 1 is 1.14 bits per heavy atom. The summed E-state index contributed by atoms with van der Waals surface area (Å²) in [5.41, 5.74) is 0.701. The van der Waals surface area contributed by atoms with Crippen LogP contribution >= 0.6 is 7.82 Å². The smallest absolute Gasteiger partial charge is 0.422 e. The molecule has 0 bridgehead atoms. The Balaban J connectivity index is 2.52.